The maximum absolute atomic E-state index is 10.7. The molecule has 1 N–H and O–H groups in total. The zero-order valence-electron chi connectivity index (χ0n) is 12.2. The Kier molecular flexibility index (Phi) is 4.21. The van der Waals surface area contributed by atoms with Gasteiger partial charge in [0.05, 0.1) is 11.0 Å². The molecule has 0 amide bonds. The van der Waals surface area contributed by atoms with E-state index in [1.54, 1.807) is 0 Å². The van der Waals surface area contributed by atoms with Crippen LogP contribution in [0.1, 0.15) is 18.5 Å². The molecule has 23 heavy (non-hydrogen) atoms. The average Bonchev–Trinajstić information content (AvgIpc) is 3.22. The second-order valence-corrected chi connectivity index (χ2v) is 5.13. The summed E-state index contributed by atoms with van der Waals surface area (Å²) in [5.74, 6) is 0.530. The molecule has 8 nitrogen and oxygen atoms in total. The Morgan fingerprint density at radius 3 is 2.83 bits per heavy atom. The van der Waals surface area contributed by atoms with E-state index < -0.39 is 4.92 Å². The third-order valence-electron chi connectivity index (χ3n) is 3.57. The van der Waals surface area contributed by atoms with Crippen LogP contribution >= 0.6 is 0 Å². The van der Waals surface area contributed by atoms with Crippen molar-refractivity contribution in [3.8, 4) is 17.5 Å². The van der Waals surface area contributed by atoms with Gasteiger partial charge in [0.15, 0.2) is 0 Å². The van der Waals surface area contributed by atoms with Crippen molar-refractivity contribution < 1.29 is 14.1 Å². The van der Waals surface area contributed by atoms with Gasteiger partial charge < -0.3 is 14.5 Å². The van der Waals surface area contributed by atoms with Crippen LogP contribution in [0.3, 0.4) is 0 Å². The van der Waals surface area contributed by atoms with Crippen molar-refractivity contribution in [1.29, 1.82) is 5.26 Å². The maximum Gasteiger partial charge on any atom is 0.269 e. The van der Waals surface area contributed by atoms with Crippen molar-refractivity contribution in [2.24, 2.45) is 0 Å². The number of benzene rings is 1. The van der Waals surface area contributed by atoms with Crippen molar-refractivity contribution in [2.75, 3.05) is 18.5 Å². The Labute approximate surface area is 131 Å². The number of non-ortho nitro benzene ring substituents is 1. The SMILES string of the molecule is N#Cc1nc(-c2ccc([N+](=O)[O-])cc2)oc1NC[C@H]1CCCO1. The van der Waals surface area contributed by atoms with Gasteiger partial charge in [0.25, 0.3) is 5.69 Å². The van der Waals surface area contributed by atoms with Gasteiger partial charge in [0.2, 0.25) is 17.5 Å². The lowest BCUT2D eigenvalue weighted by Crippen LogP contribution is -2.18. The molecule has 0 aliphatic carbocycles. The first-order chi connectivity index (χ1) is 11.2. The summed E-state index contributed by atoms with van der Waals surface area (Å²) in [5, 5.41) is 22.9. The van der Waals surface area contributed by atoms with E-state index >= 15 is 0 Å². The monoisotopic (exact) mass is 314 g/mol. The Morgan fingerprint density at radius 1 is 1.43 bits per heavy atom. The van der Waals surface area contributed by atoms with Crippen LogP contribution in [-0.2, 0) is 4.74 Å². The number of nitro benzene ring substituents is 1. The van der Waals surface area contributed by atoms with Crippen LogP contribution < -0.4 is 5.32 Å². The van der Waals surface area contributed by atoms with Gasteiger partial charge in [-0.05, 0) is 25.0 Å². The van der Waals surface area contributed by atoms with Crippen LogP contribution in [0.4, 0.5) is 11.6 Å². The Hall–Kier alpha value is -2.92. The van der Waals surface area contributed by atoms with Crippen molar-refractivity contribution in [3.63, 3.8) is 0 Å². The number of rotatable bonds is 5. The predicted molar refractivity (Wildman–Crippen MR) is 80.8 cm³/mol. The largest absolute Gasteiger partial charge is 0.419 e. The van der Waals surface area contributed by atoms with Crippen LogP contribution in [0.25, 0.3) is 11.5 Å². The van der Waals surface area contributed by atoms with E-state index in [1.807, 2.05) is 6.07 Å². The topological polar surface area (TPSA) is 114 Å². The molecule has 1 atom stereocenters. The van der Waals surface area contributed by atoms with Crippen LogP contribution in [0.15, 0.2) is 28.7 Å². The van der Waals surface area contributed by atoms with Crippen molar-refractivity contribution in [3.05, 3.63) is 40.1 Å². The highest BCUT2D eigenvalue weighted by atomic mass is 16.6. The second kappa shape index (κ2) is 6.46. The standard InChI is InChI=1S/C15H14N4O4/c16-8-13-15(17-9-12-2-1-7-22-12)23-14(18-13)10-3-5-11(6-4-10)19(20)21/h3-6,12,17H,1-2,7,9H2/t12-/m1/s1. The number of oxazole rings is 1. The molecule has 1 saturated heterocycles. The average molecular weight is 314 g/mol. The number of nitrogens with zero attached hydrogens (tertiary/aromatic N) is 3. The quantitative estimate of drug-likeness (QED) is 0.666. The first-order valence-electron chi connectivity index (χ1n) is 7.18. The summed E-state index contributed by atoms with van der Waals surface area (Å²) in [4.78, 5) is 14.3. The van der Waals surface area contributed by atoms with Gasteiger partial charge >= 0.3 is 0 Å². The normalized spacial score (nSPS) is 16.9. The van der Waals surface area contributed by atoms with Crippen molar-refractivity contribution in [1.82, 2.24) is 4.98 Å². The minimum atomic E-state index is -0.478. The van der Waals surface area contributed by atoms with Gasteiger partial charge in [-0.1, -0.05) is 0 Å². The third-order valence-corrected chi connectivity index (χ3v) is 3.57. The molecule has 3 rings (SSSR count). The molecule has 118 valence electrons. The molecular formula is C15H14N4O4. The zero-order chi connectivity index (χ0) is 16.2. The van der Waals surface area contributed by atoms with E-state index in [9.17, 15) is 10.1 Å². The van der Waals surface area contributed by atoms with Gasteiger partial charge in [-0.2, -0.15) is 10.2 Å². The number of hydrogen-bond donors (Lipinski definition) is 1. The molecule has 2 aromatic rings. The molecule has 0 radical (unpaired) electrons. The van der Waals surface area contributed by atoms with E-state index in [-0.39, 0.29) is 29.3 Å². The fourth-order valence-corrected chi connectivity index (χ4v) is 2.38. The molecule has 1 aliphatic rings. The Bertz CT molecular complexity index is 742. The highest BCUT2D eigenvalue weighted by Crippen LogP contribution is 2.27. The Balaban J connectivity index is 1.77. The lowest BCUT2D eigenvalue weighted by Gasteiger charge is -2.09. The molecular weight excluding hydrogens is 300 g/mol. The minimum absolute atomic E-state index is 0.0162. The highest BCUT2D eigenvalue weighted by molar-refractivity contribution is 5.60. The molecule has 8 heteroatoms. The van der Waals surface area contributed by atoms with E-state index in [0.717, 1.165) is 19.4 Å². The summed E-state index contributed by atoms with van der Waals surface area (Å²) in [7, 11) is 0. The van der Waals surface area contributed by atoms with E-state index in [0.29, 0.717) is 12.1 Å². The molecule has 1 aromatic heterocycles. The van der Waals surface area contributed by atoms with Crippen molar-refractivity contribution in [2.45, 2.75) is 18.9 Å². The van der Waals surface area contributed by atoms with E-state index in [1.165, 1.54) is 24.3 Å². The molecule has 1 aliphatic heterocycles. The summed E-state index contributed by atoms with van der Waals surface area (Å²) in [6.45, 7) is 1.30. The first kappa shape index (κ1) is 15.0. The summed E-state index contributed by atoms with van der Waals surface area (Å²) < 4.78 is 11.1. The predicted octanol–water partition coefficient (Wildman–Crippen LogP) is 2.71. The molecule has 0 bridgehead atoms. The summed E-state index contributed by atoms with van der Waals surface area (Å²) in [6.07, 6.45) is 2.11. The summed E-state index contributed by atoms with van der Waals surface area (Å²) >= 11 is 0. The van der Waals surface area contributed by atoms with Gasteiger partial charge in [0, 0.05) is 30.8 Å². The van der Waals surface area contributed by atoms with Crippen molar-refractivity contribution >= 4 is 11.6 Å². The highest BCUT2D eigenvalue weighted by Gasteiger charge is 2.19. The number of nitriles is 1. The maximum atomic E-state index is 10.7. The van der Waals surface area contributed by atoms with Gasteiger partial charge in [-0.15, -0.1) is 0 Å². The van der Waals surface area contributed by atoms with Crippen LogP contribution in [0.2, 0.25) is 0 Å². The zero-order valence-corrected chi connectivity index (χ0v) is 12.2. The molecule has 1 fully saturated rings. The number of hydrogen-bond acceptors (Lipinski definition) is 7. The third kappa shape index (κ3) is 3.30. The number of nitro groups is 1. The molecule has 0 spiro atoms. The number of nitrogens with one attached hydrogen (secondary N) is 1. The fraction of sp³-hybridized carbons (Fsp3) is 0.333. The molecule has 2 heterocycles. The minimum Gasteiger partial charge on any atom is -0.419 e. The smallest absolute Gasteiger partial charge is 0.269 e. The van der Waals surface area contributed by atoms with Gasteiger partial charge in [0.1, 0.15) is 6.07 Å². The fourth-order valence-electron chi connectivity index (χ4n) is 2.38. The molecule has 0 saturated carbocycles. The van der Waals surface area contributed by atoms with Crippen LogP contribution in [0, 0.1) is 21.4 Å². The summed E-state index contributed by atoms with van der Waals surface area (Å²) in [5.41, 5.74) is 0.700. The number of aromatic nitrogens is 1. The van der Waals surface area contributed by atoms with Gasteiger partial charge in [-0.3, -0.25) is 10.1 Å². The van der Waals surface area contributed by atoms with E-state index in [4.69, 9.17) is 14.4 Å². The lowest BCUT2D eigenvalue weighted by atomic mass is 10.2. The molecule has 0 unspecified atom stereocenters. The molecule has 1 aromatic carbocycles. The summed E-state index contributed by atoms with van der Waals surface area (Å²) in [6, 6.07) is 7.78. The second-order valence-electron chi connectivity index (χ2n) is 5.13. The van der Waals surface area contributed by atoms with E-state index in [2.05, 4.69) is 10.3 Å². The van der Waals surface area contributed by atoms with Crippen LogP contribution in [-0.4, -0.2) is 29.2 Å². The Morgan fingerprint density at radius 2 is 2.22 bits per heavy atom. The number of ether oxygens (including phenoxy) is 1. The number of anilines is 1. The first-order valence-corrected chi connectivity index (χ1v) is 7.18. The lowest BCUT2D eigenvalue weighted by molar-refractivity contribution is -0.384. The van der Waals surface area contributed by atoms with Gasteiger partial charge in [-0.25, -0.2) is 0 Å². The van der Waals surface area contributed by atoms with Crippen LogP contribution in [0.5, 0.6) is 0 Å².